The maximum atomic E-state index is 12.4. The predicted octanol–water partition coefficient (Wildman–Crippen LogP) is 8.76. The summed E-state index contributed by atoms with van der Waals surface area (Å²) in [6.45, 7) is 8.64. The summed E-state index contributed by atoms with van der Waals surface area (Å²) < 4.78 is 80.7. The Morgan fingerprint density at radius 2 is 1.89 bits per heavy atom. The van der Waals surface area contributed by atoms with Gasteiger partial charge in [-0.2, -0.15) is 22.0 Å². The van der Waals surface area contributed by atoms with Gasteiger partial charge in [0.05, 0.1) is 19.3 Å². The van der Waals surface area contributed by atoms with Gasteiger partial charge >= 0.3 is 20.7 Å². The van der Waals surface area contributed by atoms with Gasteiger partial charge in [-0.25, -0.2) is 0 Å². The van der Waals surface area contributed by atoms with Gasteiger partial charge in [0.1, 0.15) is 5.75 Å². The lowest BCUT2D eigenvalue weighted by molar-refractivity contribution is -0.284. The monoisotopic (exact) mass is 672 g/mol. The first kappa shape index (κ1) is 37.4. The lowest BCUT2D eigenvalue weighted by Crippen LogP contribution is -2.43. The van der Waals surface area contributed by atoms with Gasteiger partial charge in [0, 0.05) is 13.5 Å². The summed E-state index contributed by atoms with van der Waals surface area (Å²) in [5, 5.41) is 10.5. The summed E-state index contributed by atoms with van der Waals surface area (Å²) in [6.07, 6.45) is 0.386. The molecule has 0 radical (unpaired) electrons. The minimum absolute atomic E-state index is 0.0216. The highest BCUT2D eigenvalue weighted by atomic mass is 32.2. The average molecular weight is 673 g/mol. The molecule has 0 aliphatic heterocycles. The van der Waals surface area contributed by atoms with Gasteiger partial charge in [-0.3, -0.25) is 4.52 Å². The van der Waals surface area contributed by atoms with Crippen LogP contribution in [0.5, 0.6) is 5.75 Å². The zero-order valence-corrected chi connectivity index (χ0v) is 27.4. The van der Waals surface area contributed by atoms with Crippen LogP contribution in [0.1, 0.15) is 82.3 Å². The second kappa shape index (κ2) is 16.7. The zero-order valence-electron chi connectivity index (χ0n) is 25.7. The topological polar surface area (TPSA) is 77.4 Å². The van der Waals surface area contributed by atoms with Gasteiger partial charge < -0.3 is 24.0 Å². The molecule has 1 aromatic carbocycles. The molecule has 6 nitrogen and oxygen atoms in total. The smallest absolute Gasteiger partial charge is 0.427 e. The van der Waals surface area contributed by atoms with E-state index in [0.717, 1.165) is 37.0 Å². The van der Waals surface area contributed by atoms with E-state index < -0.39 is 27.1 Å². The molecule has 0 amide bonds. The number of rotatable bonds is 14. The first-order chi connectivity index (χ1) is 20.7. The minimum atomic E-state index is -5.43. The van der Waals surface area contributed by atoms with Crippen LogP contribution in [0.3, 0.4) is 0 Å². The Hall–Kier alpha value is -1.01. The molecule has 3 aliphatic rings. The Morgan fingerprint density at radius 1 is 1.14 bits per heavy atom. The summed E-state index contributed by atoms with van der Waals surface area (Å²) in [4.78, 5) is 10.8. The van der Waals surface area contributed by atoms with Crippen molar-refractivity contribution in [2.24, 2.45) is 17.3 Å². The van der Waals surface area contributed by atoms with Crippen molar-refractivity contribution in [3.8, 4) is 5.75 Å². The molecule has 0 bridgehead atoms. The van der Waals surface area contributed by atoms with Crippen LogP contribution in [0.25, 0.3) is 0 Å². The van der Waals surface area contributed by atoms with Gasteiger partial charge in [0.25, 0.3) is 0 Å². The molecule has 13 heteroatoms. The molecule has 44 heavy (non-hydrogen) atoms. The number of hydrogen-bond acceptors (Lipinski definition) is 7. The largest absolute Gasteiger partial charge is 0.453 e. The van der Waals surface area contributed by atoms with Crippen molar-refractivity contribution in [3.63, 3.8) is 0 Å². The average Bonchev–Trinajstić information content (AvgIpc) is 3.28. The van der Waals surface area contributed by atoms with E-state index in [1.807, 2.05) is 13.0 Å². The number of fused-ring (bicyclic) bond motifs is 5. The predicted molar refractivity (Wildman–Crippen MR) is 163 cm³/mol. The number of halogens is 5. The number of aliphatic hydroxyl groups excluding tert-OH is 1. The molecule has 1 aromatic rings. The highest BCUT2D eigenvalue weighted by Crippen LogP contribution is 2.61. The lowest BCUT2D eigenvalue weighted by Gasteiger charge is -2.50. The molecule has 4 rings (SSSR count). The van der Waals surface area contributed by atoms with E-state index in [-0.39, 0.29) is 30.5 Å². The highest BCUT2D eigenvalue weighted by molar-refractivity contribution is 8.03. The Bertz CT molecular complexity index is 1060. The van der Waals surface area contributed by atoms with Crippen LogP contribution in [0, 0.1) is 17.3 Å². The number of thioether (sulfide) groups is 1. The first-order valence-corrected chi connectivity index (χ1v) is 17.3. The minimum Gasteiger partial charge on any atom is -0.427 e. The van der Waals surface area contributed by atoms with Crippen LogP contribution in [0.4, 0.5) is 22.0 Å². The fourth-order valence-electron chi connectivity index (χ4n) is 6.74. The van der Waals surface area contributed by atoms with E-state index in [0.29, 0.717) is 43.1 Å². The van der Waals surface area contributed by atoms with Crippen molar-refractivity contribution in [2.45, 2.75) is 95.8 Å². The van der Waals surface area contributed by atoms with Crippen molar-refractivity contribution in [1.82, 2.24) is 0 Å². The quantitative estimate of drug-likeness (QED) is 0.0886. The summed E-state index contributed by atoms with van der Waals surface area (Å²) in [5.41, 5.74) is 2.87. The van der Waals surface area contributed by atoms with Crippen LogP contribution >= 0.6 is 20.4 Å². The summed E-state index contributed by atoms with van der Waals surface area (Å²) in [6, 6.07) is 6.18. The van der Waals surface area contributed by atoms with Crippen LogP contribution in [-0.4, -0.2) is 61.1 Å². The van der Waals surface area contributed by atoms with E-state index in [1.54, 1.807) is 7.11 Å². The number of aryl methyl sites for hydroxylation is 1. The molecule has 252 valence electrons. The fraction of sp³-hybridized carbons (Fsp3) is 0.742. The maximum Gasteiger partial charge on any atom is 0.453 e. The zero-order chi connectivity index (χ0) is 32.5. The molecule has 2 N–H and O–H groups in total. The molecular formula is C31H46F5O6PS. The van der Waals surface area contributed by atoms with Crippen LogP contribution < -0.4 is 4.52 Å². The van der Waals surface area contributed by atoms with Gasteiger partial charge in [-0.1, -0.05) is 26.5 Å². The molecular weight excluding hydrogens is 626 g/mol. The molecule has 0 saturated heterocycles. The lowest BCUT2D eigenvalue weighted by atomic mass is 9.55. The number of methoxy groups -OCH3 is 1. The molecule has 6 atom stereocenters. The number of ether oxygens (including phenoxy) is 2. The van der Waals surface area contributed by atoms with Gasteiger partial charge in [-0.05, 0) is 108 Å². The fourth-order valence-corrected chi connectivity index (χ4v) is 8.04. The third kappa shape index (κ3) is 9.75. The van der Waals surface area contributed by atoms with Gasteiger partial charge in [0.15, 0.2) is 6.79 Å². The number of benzene rings is 1. The van der Waals surface area contributed by atoms with Crippen molar-refractivity contribution in [2.75, 3.05) is 32.9 Å². The Kier molecular flexibility index (Phi) is 14.2. The van der Waals surface area contributed by atoms with E-state index in [4.69, 9.17) is 18.5 Å². The standard InChI is InChI=1S/C22H33O6P.C9H13F5S/c1-22-10-9-18-17-6-4-16(28-29(24)27-14-26-12-11-25-2)13-15(17)3-5-19(18)20(22)7-8-21(22)23;1-3-7(2)15-6-4-5-8(10,11)9(12,13)14/h4,6,13,18-21,23-24H,3,5,7-12,14H2,1-2H3;2-6H2,1H3. The summed E-state index contributed by atoms with van der Waals surface area (Å²) >= 11 is 1.23. The molecule has 0 spiro atoms. The third-order valence-electron chi connectivity index (χ3n) is 9.26. The summed E-state index contributed by atoms with van der Waals surface area (Å²) in [5.74, 6) is -1.79. The van der Waals surface area contributed by atoms with E-state index in [9.17, 15) is 32.0 Å². The normalized spacial score (nSPS) is 27.0. The Labute approximate surface area is 263 Å². The van der Waals surface area contributed by atoms with Crippen LogP contribution in [0.15, 0.2) is 29.7 Å². The first-order valence-electron chi connectivity index (χ1n) is 15.2. The number of hydrogen-bond donors (Lipinski definition) is 2. The van der Waals surface area contributed by atoms with Gasteiger partial charge in [-0.15, -0.1) is 11.8 Å². The van der Waals surface area contributed by atoms with Gasteiger partial charge in [0.2, 0.25) is 0 Å². The Morgan fingerprint density at radius 3 is 2.57 bits per heavy atom. The van der Waals surface area contributed by atoms with E-state index >= 15 is 0 Å². The molecule has 0 heterocycles. The van der Waals surface area contributed by atoms with Crippen molar-refractivity contribution < 1.29 is 50.5 Å². The number of alkyl halides is 5. The SMILES string of the molecule is C=C(CC)SCCCC(F)(F)C(F)(F)F.COCCOCOP(O)Oc1ccc2c(c1)CCC1C2CCC2(C)C(O)CCC12. The van der Waals surface area contributed by atoms with Crippen molar-refractivity contribution in [1.29, 1.82) is 0 Å². The van der Waals surface area contributed by atoms with E-state index in [1.165, 1.54) is 29.3 Å². The Balaban J connectivity index is 0.000000301. The van der Waals surface area contributed by atoms with E-state index in [2.05, 4.69) is 25.6 Å². The highest BCUT2D eigenvalue weighted by Gasteiger charge is 2.56. The molecule has 2 saturated carbocycles. The molecule has 6 unspecified atom stereocenters. The summed E-state index contributed by atoms with van der Waals surface area (Å²) in [7, 11) is -0.415. The number of aliphatic hydroxyl groups is 1. The maximum absolute atomic E-state index is 12.4. The molecule has 0 aromatic heterocycles. The number of allylic oxidation sites excluding steroid dienone is 1. The molecule has 2 fully saturated rings. The van der Waals surface area contributed by atoms with Crippen molar-refractivity contribution >= 4 is 20.4 Å². The van der Waals surface area contributed by atoms with Crippen molar-refractivity contribution in [3.05, 3.63) is 40.8 Å². The molecule has 3 aliphatic carbocycles. The van der Waals surface area contributed by atoms with Crippen LogP contribution in [0.2, 0.25) is 0 Å². The second-order valence-electron chi connectivity index (χ2n) is 11.9. The third-order valence-corrected chi connectivity index (χ3v) is 11.1. The second-order valence-corrected chi connectivity index (χ2v) is 14.1. The van der Waals surface area contributed by atoms with Crippen LogP contribution in [-0.2, 0) is 20.4 Å².